The average Bonchev–Trinajstić information content (AvgIpc) is 2.70. The first kappa shape index (κ1) is 25.7. The molecule has 0 saturated carbocycles. The second kappa shape index (κ2) is 12.4. The molecule has 0 fully saturated rings. The molecular weight excluding hydrogens is 514 g/mol. The van der Waals surface area contributed by atoms with Gasteiger partial charge in [-0.3, -0.25) is 4.99 Å². The Morgan fingerprint density at radius 1 is 1.07 bits per heavy atom. The first-order valence-electron chi connectivity index (χ1n) is 8.80. The third-order valence-corrected chi connectivity index (χ3v) is 4.19. The van der Waals surface area contributed by atoms with Crippen LogP contribution in [0.15, 0.2) is 41.4 Å². The Bertz CT molecular complexity index is 853. The van der Waals surface area contributed by atoms with Crippen molar-refractivity contribution in [3.8, 4) is 17.2 Å². The molecule has 30 heavy (non-hydrogen) atoms. The van der Waals surface area contributed by atoms with Crippen molar-refractivity contribution in [1.29, 1.82) is 0 Å². The summed E-state index contributed by atoms with van der Waals surface area (Å²) in [7, 11) is 4.41. The van der Waals surface area contributed by atoms with Crippen LogP contribution in [0.3, 0.4) is 0 Å². The molecule has 0 aliphatic rings. The van der Waals surface area contributed by atoms with Crippen LogP contribution in [0.25, 0.3) is 0 Å². The van der Waals surface area contributed by atoms with Crippen molar-refractivity contribution in [3.63, 3.8) is 0 Å². The van der Waals surface area contributed by atoms with Crippen LogP contribution in [-0.2, 0) is 6.54 Å². The fourth-order valence-corrected chi connectivity index (χ4v) is 2.63. The van der Waals surface area contributed by atoms with E-state index in [1.807, 2.05) is 6.92 Å². The van der Waals surface area contributed by atoms with Crippen molar-refractivity contribution < 1.29 is 27.4 Å². The van der Waals surface area contributed by atoms with Crippen molar-refractivity contribution in [2.45, 2.75) is 26.1 Å². The van der Waals surface area contributed by atoms with Gasteiger partial charge in [-0.25, -0.2) is 4.39 Å². The van der Waals surface area contributed by atoms with Crippen LogP contribution in [-0.4, -0.2) is 33.8 Å². The lowest BCUT2D eigenvalue weighted by Crippen LogP contribution is -2.38. The Hall–Kier alpha value is -2.37. The smallest absolute Gasteiger partial charge is 0.387 e. The summed E-state index contributed by atoms with van der Waals surface area (Å²) in [5, 5.41) is 6.15. The van der Waals surface area contributed by atoms with E-state index in [1.165, 1.54) is 26.4 Å². The topological polar surface area (TPSA) is 64.1 Å². The summed E-state index contributed by atoms with van der Waals surface area (Å²) in [6, 6.07) is 9.06. The number of benzene rings is 2. The zero-order valence-corrected chi connectivity index (χ0v) is 19.4. The number of guanidine groups is 1. The highest BCUT2D eigenvalue weighted by molar-refractivity contribution is 14.0. The van der Waals surface area contributed by atoms with Crippen LogP contribution in [0.4, 0.5) is 13.2 Å². The summed E-state index contributed by atoms with van der Waals surface area (Å²) in [5.41, 5.74) is 1.19. The Balaban J connectivity index is 0.00000450. The molecule has 0 saturated heterocycles. The average molecular weight is 539 g/mol. The van der Waals surface area contributed by atoms with E-state index in [1.54, 1.807) is 31.3 Å². The first-order chi connectivity index (χ1) is 13.9. The lowest BCUT2D eigenvalue weighted by Gasteiger charge is -2.19. The zero-order chi connectivity index (χ0) is 21.4. The number of hydrogen-bond acceptors (Lipinski definition) is 4. The zero-order valence-electron chi connectivity index (χ0n) is 17.0. The summed E-state index contributed by atoms with van der Waals surface area (Å²) in [5.74, 6) is 0.519. The van der Waals surface area contributed by atoms with Gasteiger partial charge >= 0.3 is 6.61 Å². The van der Waals surface area contributed by atoms with Gasteiger partial charge in [-0.1, -0.05) is 6.07 Å². The Morgan fingerprint density at radius 3 is 2.37 bits per heavy atom. The van der Waals surface area contributed by atoms with Gasteiger partial charge in [-0.15, -0.1) is 24.0 Å². The van der Waals surface area contributed by atoms with E-state index in [-0.39, 0.29) is 48.1 Å². The van der Waals surface area contributed by atoms with Gasteiger partial charge in [0.2, 0.25) is 0 Å². The van der Waals surface area contributed by atoms with Crippen LogP contribution in [0.2, 0.25) is 0 Å². The molecule has 10 heteroatoms. The van der Waals surface area contributed by atoms with Crippen molar-refractivity contribution in [2.24, 2.45) is 4.99 Å². The predicted octanol–water partition coefficient (Wildman–Crippen LogP) is 4.49. The molecule has 2 rings (SSSR count). The summed E-state index contributed by atoms with van der Waals surface area (Å²) in [6.07, 6.45) is 0. The van der Waals surface area contributed by atoms with E-state index in [2.05, 4.69) is 20.4 Å². The monoisotopic (exact) mass is 539 g/mol. The van der Waals surface area contributed by atoms with Gasteiger partial charge < -0.3 is 24.8 Å². The predicted molar refractivity (Wildman–Crippen MR) is 120 cm³/mol. The number of alkyl halides is 2. The molecule has 1 unspecified atom stereocenters. The number of ether oxygens (including phenoxy) is 3. The summed E-state index contributed by atoms with van der Waals surface area (Å²) in [6.45, 7) is -0.939. The fraction of sp³-hybridized carbons (Fsp3) is 0.350. The van der Waals surface area contributed by atoms with Gasteiger partial charge in [0.05, 0.1) is 20.3 Å². The van der Waals surface area contributed by atoms with Crippen LogP contribution in [0.1, 0.15) is 24.1 Å². The number of halogens is 4. The minimum atomic E-state index is -2.96. The molecule has 0 heterocycles. The molecule has 2 aromatic rings. The van der Waals surface area contributed by atoms with E-state index in [4.69, 9.17) is 9.47 Å². The molecule has 2 aromatic carbocycles. The van der Waals surface area contributed by atoms with Gasteiger partial charge in [-0.05, 0) is 36.8 Å². The number of rotatable bonds is 8. The van der Waals surface area contributed by atoms with Gasteiger partial charge in [0.15, 0.2) is 17.5 Å². The van der Waals surface area contributed by atoms with Crippen LogP contribution < -0.4 is 24.8 Å². The highest BCUT2D eigenvalue weighted by Gasteiger charge is 2.14. The number of hydrogen-bond donors (Lipinski definition) is 2. The summed E-state index contributed by atoms with van der Waals surface area (Å²) >= 11 is 0. The third kappa shape index (κ3) is 7.15. The molecule has 166 valence electrons. The highest BCUT2D eigenvalue weighted by atomic mass is 127. The van der Waals surface area contributed by atoms with Gasteiger partial charge in [-0.2, -0.15) is 8.78 Å². The second-order valence-electron chi connectivity index (χ2n) is 6.04. The molecule has 0 aliphatic carbocycles. The van der Waals surface area contributed by atoms with Crippen molar-refractivity contribution in [3.05, 3.63) is 53.3 Å². The minimum absolute atomic E-state index is 0. The van der Waals surface area contributed by atoms with Gasteiger partial charge in [0.1, 0.15) is 11.5 Å². The normalized spacial score (nSPS) is 12.1. The lowest BCUT2D eigenvalue weighted by molar-refractivity contribution is -0.0505. The third-order valence-electron chi connectivity index (χ3n) is 4.19. The van der Waals surface area contributed by atoms with E-state index in [0.717, 1.165) is 0 Å². The molecule has 0 aromatic heterocycles. The van der Waals surface area contributed by atoms with Crippen LogP contribution in [0, 0.1) is 5.82 Å². The SMILES string of the molecule is CN=C(NCc1ccc(OC)cc1OC(F)F)NC(C)c1ccc(OC)c(F)c1.I. The second-order valence-corrected chi connectivity index (χ2v) is 6.04. The molecule has 0 amide bonds. The van der Waals surface area contributed by atoms with Crippen LogP contribution >= 0.6 is 24.0 Å². The molecular formula is C20H25F3IN3O3. The van der Waals surface area contributed by atoms with Crippen LogP contribution in [0.5, 0.6) is 17.2 Å². The molecule has 0 spiro atoms. The van der Waals surface area contributed by atoms with E-state index < -0.39 is 12.4 Å². The molecule has 6 nitrogen and oxygen atoms in total. The quantitative estimate of drug-likeness (QED) is 0.294. The Morgan fingerprint density at radius 2 is 1.80 bits per heavy atom. The van der Waals surface area contributed by atoms with Gasteiger partial charge in [0.25, 0.3) is 0 Å². The molecule has 1 atom stereocenters. The summed E-state index contributed by atoms with van der Waals surface area (Å²) < 4.78 is 53.8. The minimum Gasteiger partial charge on any atom is -0.497 e. The largest absolute Gasteiger partial charge is 0.497 e. The molecule has 0 radical (unpaired) electrons. The lowest BCUT2D eigenvalue weighted by atomic mass is 10.1. The number of aliphatic imine (C=N–C) groups is 1. The number of methoxy groups -OCH3 is 2. The van der Waals surface area contributed by atoms with E-state index in [9.17, 15) is 13.2 Å². The number of nitrogens with one attached hydrogen (secondary N) is 2. The molecule has 0 aliphatic heterocycles. The first-order valence-corrected chi connectivity index (χ1v) is 8.80. The highest BCUT2D eigenvalue weighted by Crippen LogP contribution is 2.26. The Kier molecular flexibility index (Phi) is 10.6. The molecule has 2 N–H and O–H groups in total. The van der Waals surface area contributed by atoms with Crippen molar-refractivity contribution >= 4 is 29.9 Å². The molecule has 0 bridgehead atoms. The number of nitrogens with zero attached hydrogens (tertiary/aromatic N) is 1. The van der Waals surface area contributed by atoms with E-state index >= 15 is 0 Å². The maximum atomic E-state index is 13.9. The fourth-order valence-electron chi connectivity index (χ4n) is 2.63. The van der Waals surface area contributed by atoms with Crippen molar-refractivity contribution in [1.82, 2.24) is 10.6 Å². The standard InChI is InChI=1S/C20H24F3N3O3.HI/c1-12(13-6-8-17(28-4)16(21)9-13)26-20(24-2)25-11-14-5-7-15(27-3)10-18(14)29-19(22)23;/h5-10,12,19H,11H2,1-4H3,(H2,24,25,26);1H. The maximum Gasteiger partial charge on any atom is 0.387 e. The van der Waals surface area contributed by atoms with Gasteiger partial charge in [0, 0.05) is 25.2 Å². The summed E-state index contributed by atoms with van der Waals surface area (Å²) in [4.78, 5) is 4.11. The van der Waals surface area contributed by atoms with Crippen molar-refractivity contribution in [2.75, 3.05) is 21.3 Å². The Labute approximate surface area is 190 Å². The van der Waals surface area contributed by atoms with E-state index in [0.29, 0.717) is 22.8 Å². The maximum absolute atomic E-state index is 13.9.